The first-order valence-corrected chi connectivity index (χ1v) is 1.92. The molecule has 0 unspecified atom stereocenters. The predicted molar refractivity (Wildman–Crippen MR) is 29.4 cm³/mol. The van der Waals surface area contributed by atoms with E-state index in [9.17, 15) is 0 Å². The molecule has 1 aromatic heterocycles. The number of H-pyrrole nitrogens is 1. The van der Waals surface area contributed by atoms with Crippen LogP contribution in [0.15, 0.2) is 12.4 Å². The summed E-state index contributed by atoms with van der Waals surface area (Å²) in [5.41, 5.74) is 0. The van der Waals surface area contributed by atoms with Gasteiger partial charge in [-0.3, -0.25) is 0 Å². The molecule has 0 spiro atoms. The summed E-state index contributed by atoms with van der Waals surface area (Å²) in [5.74, 6) is 0. The topological polar surface area (TPSA) is 28.7 Å². The Kier molecular flexibility index (Phi) is 3.75. The molecule has 2 nitrogen and oxygen atoms in total. The van der Waals surface area contributed by atoms with Crippen LogP contribution in [-0.4, -0.2) is 39.5 Å². The number of nitrogens with one attached hydrogen (secondary N) is 1. The number of aromatic nitrogens is 2. The van der Waals surface area contributed by atoms with Crippen LogP contribution in [-0.2, 0) is 0 Å². The van der Waals surface area contributed by atoms with Gasteiger partial charge in [0.1, 0.15) is 0 Å². The third-order valence-corrected chi connectivity index (χ3v) is 0.672. The Morgan fingerprint density at radius 2 is 2.43 bits per heavy atom. The second-order valence-electron chi connectivity index (χ2n) is 0.880. The van der Waals surface area contributed by atoms with E-state index >= 15 is 0 Å². The Labute approximate surface area is 68.6 Å². The van der Waals surface area contributed by atoms with Gasteiger partial charge in [0.25, 0.3) is 0 Å². The van der Waals surface area contributed by atoms with Crippen molar-refractivity contribution in [3.63, 3.8) is 0 Å². The largest absolute Gasteiger partial charge is 0.335 e. The molecule has 0 saturated carbocycles. The minimum atomic E-state index is 0. The molecule has 7 heavy (non-hydrogen) atoms. The molecule has 1 aromatic rings. The third-order valence-electron chi connectivity index (χ3n) is 0.465. The second-order valence-corrected chi connectivity index (χ2v) is 1.24. The first kappa shape index (κ1) is 7.50. The van der Waals surface area contributed by atoms with Crippen molar-refractivity contribution in [2.24, 2.45) is 0 Å². The molecule has 0 fully saturated rings. The van der Waals surface area contributed by atoms with Crippen molar-refractivity contribution in [1.29, 1.82) is 0 Å². The van der Waals surface area contributed by atoms with Crippen LogP contribution in [0.1, 0.15) is 0 Å². The van der Waals surface area contributed by atoms with Crippen LogP contribution in [0.2, 0.25) is 5.28 Å². The fourth-order valence-electron chi connectivity index (χ4n) is 0.246. The summed E-state index contributed by atoms with van der Waals surface area (Å²) in [7, 11) is 0. The molecule has 4 heteroatoms. The van der Waals surface area contributed by atoms with Crippen molar-refractivity contribution >= 4 is 41.2 Å². The Morgan fingerprint density at radius 1 is 1.71 bits per heavy atom. The number of halogens is 1. The van der Waals surface area contributed by atoms with Gasteiger partial charge in [0, 0.05) is 42.0 Å². The molecular formula is C3H3ClN2Na. The molecule has 1 rings (SSSR count). The standard InChI is InChI=1S/C3H3ClN2.Na/c4-3-5-1-2-6-3;/h1-2H,(H,5,6);. The van der Waals surface area contributed by atoms with Crippen LogP contribution >= 0.6 is 11.6 Å². The Morgan fingerprint density at radius 3 is 2.57 bits per heavy atom. The van der Waals surface area contributed by atoms with Crippen LogP contribution in [0, 0.1) is 0 Å². The van der Waals surface area contributed by atoms with Crippen LogP contribution in [0.25, 0.3) is 0 Å². The molecular weight excluding hydrogens is 122 g/mol. The summed E-state index contributed by atoms with van der Waals surface area (Å²) < 4.78 is 0. The molecule has 0 atom stereocenters. The van der Waals surface area contributed by atoms with Crippen LogP contribution in [0.3, 0.4) is 0 Å². The van der Waals surface area contributed by atoms with E-state index in [-0.39, 0.29) is 29.6 Å². The van der Waals surface area contributed by atoms with Gasteiger partial charge in [-0.05, 0) is 11.6 Å². The van der Waals surface area contributed by atoms with E-state index in [0.29, 0.717) is 5.28 Å². The van der Waals surface area contributed by atoms with Gasteiger partial charge in [0.2, 0.25) is 0 Å². The van der Waals surface area contributed by atoms with E-state index in [0.717, 1.165) is 0 Å². The summed E-state index contributed by atoms with van der Waals surface area (Å²) >= 11 is 5.29. The van der Waals surface area contributed by atoms with E-state index in [2.05, 4.69) is 9.97 Å². The summed E-state index contributed by atoms with van der Waals surface area (Å²) in [5, 5.41) is 0.440. The first-order chi connectivity index (χ1) is 2.89. The Bertz CT molecular complexity index is 116. The maximum absolute atomic E-state index is 5.29. The molecule has 33 valence electrons. The summed E-state index contributed by atoms with van der Waals surface area (Å²) in [4.78, 5) is 6.28. The van der Waals surface area contributed by atoms with Crippen LogP contribution < -0.4 is 0 Å². The van der Waals surface area contributed by atoms with Gasteiger partial charge in [-0.15, -0.1) is 0 Å². The fraction of sp³-hybridized carbons (Fsp3) is 0. The number of hydrogen-bond donors (Lipinski definition) is 1. The molecule has 0 aromatic carbocycles. The van der Waals surface area contributed by atoms with E-state index in [1.165, 1.54) is 0 Å². The monoisotopic (exact) mass is 125 g/mol. The molecule has 0 bridgehead atoms. The number of aromatic amines is 1. The molecule has 1 heterocycles. The normalized spacial score (nSPS) is 7.57. The van der Waals surface area contributed by atoms with Gasteiger partial charge in [0.05, 0.1) is 0 Å². The first-order valence-electron chi connectivity index (χ1n) is 1.54. The van der Waals surface area contributed by atoms with E-state index in [1.807, 2.05) is 0 Å². The van der Waals surface area contributed by atoms with Crippen molar-refractivity contribution < 1.29 is 0 Å². The van der Waals surface area contributed by atoms with Crippen molar-refractivity contribution in [2.45, 2.75) is 0 Å². The molecule has 0 saturated heterocycles. The maximum Gasteiger partial charge on any atom is 0.199 e. The van der Waals surface area contributed by atoms with Gasteiger partial charge in [-0.25, -0.2) is 4.98 Å². The van der Waals surface area contributed by atoms with Crippen molar-refractivity contribution in [2.75, 3.05) is 0 Å². The predicted octanol–water partition coefficient (Wildman–Crippen LogP) is 0.682. The number of nitrogens with zero attached hydrogens (tertiary/aromatic N) is 1. The summed E-state index contributed by atoms with van der Waals surface area (Å²) in [6, 6.07) is 0. The van der Waals surface area contributed by atoms with Crippen molar-refractivity contribution in [1.82, 2.24) is 9.97 Å². The molecule has 0 aliphatic carbocycles. The van der Waals surface area contributed by atoms with Gasteiger partial charge in [0.15, 0.2) is 5.28 Å². The minimum absolute atomic E-state index is 0. The Balaban J connectivity index is 0.000000360. The van der Waals surface area contributed by atoms with Crippen molar-refractivity contribution in [3.8, 4) is 0 Å². The molecule has 1 N–H and O–H groups in total. The zero-order valence-corrected chi connectivity index (χ0v) is 6.74. The molecule has 1 radical (unpaired) electrons. The zero-order chi connectivity index (χ0) is 4.41. The zero-order valence-electron chi connectivity index (χ0n) is 3.98. The SMILES string of the molecule is Clc1ncc[nH]1.[Na]. The van der Waals surface area contributed by atoms with E-state index in [4.69, 9.17) is 11.6 Å². The fourth-order valence-corrected chi connectivity index (χ4v) is 0.365. The van der Waals surface area contributed by atoms with Crippen LogP contribution in [0.4, 0.5) is 0 Å². The number of hydrogen-bond acceptors (Lipinski definition) is 1. The molecule has 0 amide bonds. The molecule has 0 aliphatic rings. The van der Waals surface area contributed by atoms with Gasteiger partial charge >= 0.3 is 0 Å². The smallest absolute Gasteiger partial charge is 0.199 e. The third kappa shape index (κ3) is 2.34. The molecule has 0 aliphatic heterocycles. The quantitative estimate of drug-likeness (QED) is 0.508. The Hall–Kier alpha value is 0.500. The van der Waals surface area contributed by atoms with Gasteiger partial charge < -0.3 is 4.98 Å². The van der Waals surface area contributed by atoms with Crippen molar-refractivity contribution in [3.05, 3.63) is 17.7 Å². The number of imidazole rings is 1. The second kappa shape index (κ2) is 3.50. The van der Waals surface area contributed by atoms with E-state index in [1.54, 1.807) is 12.4 Å². The van der Waals surface area contributed by atoms with E-state index < -0.39 is 0 Å². The summed E-state index contributed by atoms with van der Waals surface area (Å²) in [6.07, 6.45) is 3.27. The number of rotatable bonds is 0. The summed E-state index contributed by atoms with van der Waals surface area (Å²) in [6.45, 7) is 0. The van der Waals surface area contributed by atoms with Gasteiger partial charge in [-0.1, -0.05) is 0 Å². The average molecular weight is 126 g/mol. The minimum Gasteiger partial charge on any atom is -0.335 e. The maximum atomic E-state index is 5.29. The van der Waals surface area contributed by atoms with Crippen LogP contribution in [0.5, 0.6) is 0 Å². The average Bonchev–Trinajstić information content (AvgIpc) is 1.86. The van der Waals surface area contributed by atoms with Gasteiger partial charge in [-0.2, -0.15) is 0 Å².